The molecule has 0 aromatic heterocycles. The summed E-state index contributed by atoms with van der Waals surface area (Å²) in [6.45, 7) is 4.00. The Labute approximate surface area is 152 Å². The van der Waals surface area contributed by atoms with Gasteiger partial charge in [-0.15, -0.1) is 0 Å². The van der Waals surface area contributed by atoms with Crippen molar-refractivity contribution in [1.82, 2.24) is 0 Å². The van der Waals surface area contributed by atoms with E-state index < -0.39 is 66.0 Å². The van der Waals surface area contributed by atoms with Gasteiger partial charge in [0.25, 0.3) is 5.90 Å². The number of aliphatic imine (C=N–C) groups is 1. The molecule has 5 nitrogen and oxygen atoms in total. The number of nitrogens with zero attached hydrogens (tertiary/aromatic N) is 1. The minimum atomic E-state index is -3.19. The molecule has 1 heterocycles. The Morgan fingerprint density at radius 2 is 1.59 bits per heavy atom. The number of rotatable bonds is 4. The van der Waals surface area contributed by atoms with Crippen LogP contribution >= 0.6 is 0 Å². The van der Waals surface area contributed by atoms with Crippen LogP contribution in [0.25, 0.3) is 0 Å². The van der Waals surface area contributed by atoms with Crippen molar-refractivity contribution in [3.05, 3.63) is 34.9 Å². The minimum Gasteiger partial charge on any atom is -0.447 e. The SMILES string of the molecule is CC.CO.COC(c1c(F)c(F)cc(F)c1F)C1CC(O)OC(C(F)F)=N1. The zero-order chi connectivity index (χ0) is 21.3. The maximum absolute atomic E-state index is 13.8. The maximum Gasteiger partial charge on any atom is 0.312 e. The first-order valence-corrected chi connectivity index (χ1v) is 7.77. The lowest BCUT2D eigenvalue weighted by molar-refractivity contribution is -0.0735. The van der Waals surface area contributed by atoms with E-state index in [9.17, 15) is 31.4 Å². The van der Waals surface area contributed by atoms with Gasteiger partial charge in [-0.2, -0.15) is 8.78 Å². The lowest BCUT2D eigenvalue weighted by atomic mass is 9.97. The maximum atomic E-state index is 13.8. The van der Waals surface area contributed by atoms with Crippen LogP contribution in [0.3, 0.4) is 0 Å². The molecule has 0 saturated carbocycles. The van der Waals surface area contributed by atoms with Crippen LogP contribution in [0.15, 0.2) is 11.1 Å². The van der Waals surface area contributed by atoms with Gasteiger partial charge in [-0.05, 0) is 0 Å². The van der Waals surface area contributed by atoms with E-state index in [1.165, 1.54) is 0 Å². The zero-order valence-corrected chi connectivity index (χ0v) is 15.0. The fraction of sp³-hybridized carbons (Fsp3) is 0.562. The Morgan fingerprint density at radius 3 is 2.00 bits per heavy atom. The first-order valence-electron chi connectivity index (χ1n) is 7.77. The highest BCUT2D eigenvalue weighted by Gasteiger charge is 2.37. The number of hydrogen-bond acceptors (Lipinski definition) is 5. The molecule has 27 heavy (non-hydrogen) atoms. The third-order valence-electron chi connectivity index (χ3n) is 3.21. The topological polar surface area (TPSA) is 71.3 Å². The van der Waals surface area contributed by atoms with Crippen LogP contribution in [0, 0.1) is 23.3 Å². The smallest absolute Gasteiger partial charge is 0.312 e. The Hall–Kier alpha value is -1.85. The fourth-order valence-electron chi connectivity index (χ4n) is 2.25. The van der Waals surface area contributed by atoms with Crippen LogP contribution in [0.5, 0.6) is 0 Å². The van der Waals surface area contributed by atoms with E-state index in [1.54, 1.807) is 0 Å². The highest BCUT2D eigenvalue weighted by atomic mass is 19.3. The van der Waals surface area contributed by atoms with E-state index in [0.29, 0.717) is 0 Å². The van der Waals surface area contributed by atoms with E-state index in [0.717, 1.165) is 14.2 Å². The first-order chi connectivity index (χ1) is 12.8. The summed E-state index contributed by atoms with van der Waals surface area (Å²) in [6, 6.07) is -1.42. The highest BCUT2D eigenvalue weighted by Crippen LogP contribution is 2.34. The molecule has 0 fully saturated rings. The summed E-state index contributed by atoms with van der Waals surface area (Å²) >= 11 is 0. The van der Waals surface area contributed by atoms with Crippen molar-refractivity contribution in [3.8, 4) is 0 Å². The summed E-state index contributed by atoms with van der Waals surface area (Å²) in [5.74, 6) is -7.97. The normalized spacial score (nSPS) is 19.8. The third-order valence-corrected chi connectivity index (χ3v) is 3.21. The van der Waals surface area contributed by atoms with Crippen molar-refractivity contribution in [2.75, 3.05) is 14.2 Å². The number of aliphatic hydroxyl groups is 2. The van der Waals surface area contributed by atoms with Crippen molar-refractivity contribution < 1.29 is 46.0 Å². The predicted octanol–water partition coefficient (Wildman–Crippen LogP) is 3.34. The second-order valence-electron chi connectivity index (χ2n) is 4.68. The summed E-state index contributed by atoms with van der Waals surface area (Å²) < 4.78 is 88.7. The van der Waals surface area contributed by atoms with Crippen LogP contribution in [0.2, 0.25) is 0 Å². The van der Waals surface area contributed by atoms with E-state index in [4.69, 9.17) is 9.84 Å². The fourth-order valence-corrected chi connectivity index (χ4v) is 2.25. The van der Waals surface area contributed by atoms with Gasteiger partial charge in [-0.25, -0.2) is 22.6 Å². The molecule has 1 aliphatic heterocycles. The quantitative estimate of drug-likeness (QED) is 0.596. The third kappa shape index (κ3) is 6.08. The van der Waals surface area contributed by atoms with Gasteiger partial charge >= 0.3 is 6.43 Å². The second-order valence-corrected chi connectivity index (χ2v) is 4.68. The van der Waals surface area contributed by atoms with Gasteiger partial charge in [0.05, 0.1) is 11.6 Å². The Bertz CT molecular complexity index is 603. The summed E-state index contributed by atoms with van der Waals surface area (Å²) in [5.41, 5.74) is -1.14. The molecule has 1 aliphatic rings. The molecule has 3 atom stereocenters. The molecular weight excluding hydrogens is 384 g/mol. The summed E-state index contributed by atoms with van der Waals surface area (Å²) in [4.78, 5) is 3.40. The Balaban J connectivity index is 0.00000158. The molecule has 156 valence electrons. The largest absolute Gasteiger partial charge is 0.447 e. The van der Waals surface area contributed by atoms with Crippen LogP contribution in [0.1, 0.15) is 31.9 Å². The van der Waals surface area contributed by atoms with E-state index in [1.807, 2.05) is 13.8 Å². The molecule has 0 amide bonds. The molecule has 1 aromatic carbocycles. The number of methoxy groups -OCH3 is 1. The minimum absolute atomic E-state index is 0.00751. The van der Waals surface area contributed by atoms with Gasteiger partial charge in [0.2, 0.25) is 6.29 Å². The lowest BCUT2D eigenvalue weighted by Crippen LogP contribution is -2.36. The molecule has 1 aromatic rings. The molecule has 3 unspecified atom stereocenters. The number of halogens is 6. The first kappa shape index (κ1) is 25.1. The monoisotopic (exact) mass is 405 g/mol. The summed E-state index contributed by atoms with van der Waals surface area (Å²) in [5, 5.41) is 16.4. The molecule has 2 rings (SSSR count). The molecule has 0 spiro atoms. The van der Waals surface area contributed by atoms with Crippen molar-refractivity contribution in [2.45, 2.75) is 45.1 Å². The predicted molar refractivity (Wildman–Crippen MR) is 84.5 cm³/mol. The van der Waals surface area contributed by atoms with Gasteiger partial charge in [0.1, 0.15) is 6.10 Å². The van der Waals surface area contributed by atoms with Crippen LogP contribution in [0.4, 0.5) is 26.3 Å². The van der Waals surface area contributed by atoms with Gasteiger partial charge in [0.15, 0.2) is 23.3 Å². The highest BCUT2D eigenvalue weighted by molar-refractivity contribution is 5.80. The van der Waals surface area contributed by atoms with Crippen LogP contribution in [-0.4, -0.2) is 49.1 Å². The summed E-state index contributed by atoms with van der Waals surface area (Å²) in [7, 11) is 1.95. The number of hydrogen-bond donors (Lipinski definition) is 2. The number of aliphatic hydroxyl groups excluding tert-OH is 2. The average molecular weight is 405 g/mol. The van der Waals surface area contributed by atoms with Crippen LogP contribution < -0.4 is 0 Å². The van der Waals surface area contributed by atoms with Crippen molar-refractivity contribution in [3.63, 3.8) is 0 Å². The number of alkyl halides is 2. The molecular formula is C16H21F6NO4. The van der Waals surface area contributed by atoms with E-state index in [-0.39, 0.29) is 6.07 Å². The zero-order valence-electron chi connectivity index (χ0n) is 15.0. The van der Waals surface area contributed by atoms with Gasteiger partial charge in [-0.1, -0.05) is 13.8 Å². The van der Waals surface area contributed by atoms with Gasteiger partial charge in [-0.3, -0.25) is 0 Å². The number of benzene rings is 1. The van der Waals surface area contributed by atoms with Gasteiger partial charge < -0.3 is 19.7 Å². The van der Waals surface area contributed by atoms with Crippen molar-refractivity contribution in [1.29, 1.82) is 0 Å². The Morgan fingerprint density at radius 1 is 1.11 bits per heavy atom. The standard InChI is InChI=1S/C13H11F6NO3.C2H6.CH4O/c1-22-11(6-3-7(21)23-13(20-6)12(18)19)8-9(16)4(14)2-5(15)10(8)17;2*1-2/h2,6-7,11-12,21H,3H2,1H3;1-2H3;2H,1H3. The van der Waals surface area contributed by atoms with Gasteiger partial charge in [0, 0.05) is 26.7 Å². The lowest BCUT2D eigenvalue weighted by Gasteiger charge is -2.30. The van der Waals surface area contributed by atoms with Crippen molar-refractivity contribution >= 4 is 5.90 Å². The second kappa shape index (κ2) is 11.8. The Kier molecular flexibility index (Phi) is 11.0. The molecule has 2 N–H and O–H groups in total. The number of ether oxygens (including phenoxy) is 2. The van der Waals surface area contributed by atoms with Crippen molar-refractivity contribution in [2.24, 2.45) is 4.99 Å². The molecule has 0 bridgehead atoms. The molecule has 0 saturated heterocycles. The van der Waals surface area contributed by atoms with E-state index >= 15 is 0 Å². The molecule has 0 radical (unpaired) electrons. The van der Waals surface area contributed by atoms with E-state index in [2.05, 4.69) is 9.73 Å². The molecule has 0 aliphatic carbocycles. The molecule has 11 heteroatoms. The average Bonchev–Trinajstić information content (AvgIpc) is 2.66. The summed E-state index contributed by atoms with van der Waals surface area (Å²) in [6.07, 6.45) is -7.13. The van der Waals surface area contributed by atoms with Crippen LogP contribution in [-0.2, 0) is 9.47 Å².